The molecule has 0 rings (SSSR count). The Hall–Kier alpha value is -1.43. The molecule has 4 N–H and O–H groups in total. The molecule has 5 heteroatoms. The fraction of sp³-hybridized carbons (Fsp3) is 0.767. The third kappa shape index (κ3) is 21.6. The number of amides is 1. The summed E-state index contributed by atoms with van der Waals surface area (Å²) < 4.78 is 0. The molecule has 3 unspecified atom stereocenters. The van der Waals surface area contributed by atoms with Gasteiger partial charge in [0, 0.05) is 0 Å². The highest BCUT2D eigenvalue weighted by Crippen LogP contribution is 2.11. The predicted molar refractivity (Wildman–Crippen MR) is 148 cm³/mol. The van der Waals surface area contributed by atoms with Gasteiger partial charge in [-0.25, -0.2) is 0 Å². The minimum Gasteiger partial charge on any atom is -0.394 e. The van der Waals surface area contributed by atoms with Crippen molar-refractivity contribution in [1.82, 2.24) is 5.32 Å². The van der Waals surface area contributed by atoms with Crippen molar-refractivity contribution in [1.29, 1.82) is 0 Å². The van der Waals surface area contributed by atoms with E-state index in [1.165, 1.54) is 57.8 Å². The van der Waals surface area contributed by atoms with Crippen molar-refractivity contribution in [3.63, 3.8) is 0 Å². The van der Waals surface area contributed by atoms with E-state index in [1.807, 2.05) is 6.08 Å². The number of aliphatic hydroxyl groups is 3. The van der Waals surface area contributed by atoms with Gasteiger partial charge in [-0.15, -0.1) is 0 Å². The van der Waals surface area contributed by atoms with Gasteiger partial charge in [0.15, 0.2) is 0 Å². The summed E-state index contributed by atoms with van der Waals surface area (Å²) in [6, 6.07) is -0.813. The summed E-state index contributed by atoms with van der Waals surface area (Å²) in [6.07, 6.45) is 28.7. The van der Waals surface area contributed by atoms with Crippen molar-refractivity contribution in [2.45, 2.75) is 141 Å². The molecule has 0 fully saturated rings. The highest BCUT2D eigenvalue weighted by Gasteiger charge is 2.22. The van der Waals surface area contributed by atoms with Crippen LogP contribution in [0.1, 0.15) is 123 Å². The molecule has 5 nitrogen and oxygen atoms in total. The van der Waals surface area contributed by atoms with Crippen LogP contribution in [-0.4, -0.2) is 46.1 Å². The molecule has 1 amide bonds. The maximum Gasteiger partial charge on any atom is 0.249 e. The van der Waals surface area contributed by atoms with Crippen LogP contribution >= 0.6 is 0 Å². The molecule has 0 aliphatic rings. The van der Waals surface area contributed by atoms with E-state index in [1.54, 1.807) is 6.08 Å². The Morgan fingerprint density at radius 2 is 1.17 bits per heavy atom. The predicted octanol–water partition coefficient (Wildman–Crippen LogP) is 6.53. The smallest absolute Gasteiger partial charge is 0.249 e. The third-order valence-corrected chi connectivity index (χ3v) is 6.21. The Kier molecular flexibility index (Phi) is 24.6. The Bertz CT molecular complexity index is 559. The fourth-order valence-electron chi connectivity index (χ4n) is 3.86. The topological polar surface area (TPSA) is 89.8 Å². The van der Waals surface area contributed by atoms with Crippen molar-refractivity contribution < 1.29 is 20.1 Å². The third-order valence-electron chi connectivity index (χ3n) is 6.21. The van der Waals surface area contributed by atoms with E-state index in [4.69, 9.17) is 0 Å². The molecule has 204 valence electrons. The number of rotatable bonds is 24. The summed E-state index contributed by atoms with van der Waals surface area (Å²) in [4.78, 5) is 12.2. The van der Waals surface area contributed by atoms with Crippen molar-refractivity contribution in [3.8, 4) is 0 Å². The monoisotopic (exact) mass is 493 g/mol. The van der Waals surface area contributed by atoms with Crippen LogP contribution in [0, 0.1) is 0 Å². The molecule has 0 saturated carbocycles. The Morgan fingerprint density at radius 3 is 1.74 bits per heavy atom. The van der Waals surface area contributed by atoms with Crippen LogP contribution in [0.3, 0.4) is 0 Å². The summed E-state index contributed by atoms with van der Waals surface area (Å²) in [5.74, 6) is -0.526. The molecule has 0 aromatic heterocycles. The number of nitrogens with one attached hydrogen (secondary N) is 1. The van der Waals surface area contributed by atoms with Gasteiger partial charge in [-0.05, 0) is 44.9 Å². The van der Waals surface area contributed by atoms with E-state index in [9.17, 15) is 20.1 Å². The molecular formula is C30H55NO4. The molecule has 0 aliphatic carbocycles. The number of hydrogen-bond donors (Lipinski definition) is 4. The van der Waals surface area contributed by atoms with Gasteiger partial charge in [0.1, 0.15) is 6.10 Å². The van der Waals surface area contributed by atoms with Crippen LogP contribution in [-0.2, 0) is 4.79 Å². The van der Waals surface area contributed by atoms with Gasteiger partial charge in [-0.3, -0.25) is 4.79 Å². The largest absolute Gasteiger partial charge is 0.394 e. The number of carbonyl (C=O) groups is 1. The number of carbonyl (C=O) groups excluding carboxylic acids is 1. The van der Waals surface area contributed by atoms with Gasteiger partial charge in [0.25, 0.3) is 0 Å². The van der Waals surface area contributed by atoms with E-state index >= 15 is 0 Å². The van der Waals surface area contributed by atoms with Gasteiger partial charge in [-0.1, -0.05) is 115 Å². The SMILES string of the molecule is CCCCC/C=C/CC/C=C/CC/C=C/C(O)C(CO)NC(=O)C(O)CCCCCCCCCC. The molecule has 0 spiro atoms. The molecule has 0 radical (unpaired) electrons. The highest BCUT2D eigenvalue weighted by molar-refractivity contribution is 5.80. The summed E-state index contributed by atoms with van der Waals surface area (Å²) >= 11 is 0. The summed E-state index contributed by atoms with van der Waals surface area (Å²) in [6.45, 7) is 4.05. The van der Waals surface area contributed by atoms with E-state index in [-0.39, 0.29) is 6.61 Å². The molecule has 0 bridgehead atoms. The highest BCUT2D eigenvalue weighted by atomic mass is 16.3. The second-order valence-electron chi connectivity index (χ2n) is 9.59. The van der Waals surface area contributed by atoms with E-state index in [2.05, 4.69) is 43.5 Å². The lowest BCUT2D eigenvalue weighted by molar-refractivity contribution is -0.131. The Balaban J connectivity index is 3.97. The lowest BCUT2D eigenvalue weighted by Crippen LogP contribution is -2.48. The average molecular weight is 494 g/mol. The normalized spacial score (nSPS) is 14.8. The Morgan fingerprint density at radius 1 is 0.686 bits per heavy atom. The van der Waals surface area contributed by atoms with Crippen LogP contribution in [0.25, 0.3) is 0 Å². The Labute approximate surface area is 215 Å². The average Bonchev–Trinajstić information content (AvgIpc) is 2.86. The van der Waals surface area contributed by atoms with Crippen LogP contribution in [0.2, 0.25) is 0 Å². The number of hydrogen-bond acceptors (Lipinski definition) is 4. The van der Waals surface area contributed by atoms with Crippen LogP contribution in [0.15, 0.2) is 36.5 Å². The molecule has 0 aliphatic heterocycles. The van der Waals surface area contributed by atoms with Gasteiger partial charge in [-0.2, -0.15) is 0 Å². The molecule has 0 heterocycles. The van der Waals surface area contributed by atoms with E-state index in [0.717, 1.165) is 44.9 Å². The molecule has 0 saturated heterocycles. The molecule has 35 heavy (non-hydrogen) atoms. The minimum absolute atomic E-state index is 0.381. The number of unbranched alkanes of at least 4 members (excludes halogenated alkanes) is 12. The number of allylic oxidation sites excluding steroid dienone is 5. The maximum atomic E-state index is 12.2. The summed E-state index contributed by atoms with van der Waals surface area (Å²) in [7, 11) is 0. The van der Waals surface area contributed by atoms with E-state index in [0.29, 0.717) is 6.42 Å². The van der Waals surface area contributed by atoms with Gasteiger partial charge in [0.05, 0.1) is 18.8 Å². The van der Waals surface area contributed by atoms with Crippen molar-refractivity contribution in [3.05, 3.63) is 36.5 Å². The first-order valence-corrected chi connectivity index (χ1v) is 14.3. The standard InChI is InChI=1S/C30H55NO4/c1-3-5-7-9-11-13-14-15-16-17-19-20-22-24-28(33)27(26-32)31-30(35)29(34)25-23-21-18-12-10-8-6-4-2/h11,13,16-17,22,24,27-29,32-34H,3-10,12,14-15,18-21,23,25-26H2,1-2H3,(H,31,35)/b13-11+,17-16+,24-22+. The van der Waals surface area contributed by atoms with Crippen molar-refractivity contribution in [2.75, 3.05) is 6.61 Å². The lowest BCUT2D eigenvalue weighted by atomic mass is 10.0. The quantitative estimate of drug-likeness (QED) is 0.0909. The fourth-order valence-corrected chi connectivity index (χ4v) is 3.86. The lowest BCUT2D eigenvalue weighted by Gasteiger charge is -2.21. The molecular weight excluding hydrogens is 438 g/mol. The summed E-state index contributed by atoms with van der Waals surface area (Å²) in [5, 5.41) is 32.5. The first kappa shape index (κ1) is 33.6. The van der Waals surface area contributed by atoms with Crippen LogP contribution in [0.5, 0.6) is 0 Å². The van der Waals surface area contributed by atoms with Crippen molar-refractivity contribution >= 4 is 5.91 Å². The van der Waals surface area contributed by atoms with E-state index < -0.39 is 24.2 Å². The first-order valence-electron chi connectivity index (χ1n) is 14.3. The second-order valence-corrected chi connectivity index (χ2v) is 9.59. The second kappa shape index (κ2) is 25.7. The van der Waals surface area contributed by atoms with Gasteiger partial charge >= 0.3 is 0 Å². The van der Waals surface area contributed by atoms with Crippen LogP contribution < -0.4 is 5.32 Å². The molecule has 0 aromatic carbocycles. The van der Waals surface area contributed by atoms with Crippen molar-refractivity contribution in [2.24, 2.45) is 0 Å². The molecule has 0 aromatic rings. The summed E-state index contributed by atoms with van der Waals surface area (Å²) in [5.41, 5.74) is 0. The van der Waals surface area contributed by atoms with Crippen LogP contribution in [0.4, 0.5) is 0 Å². The first-order chi connectivity index (χ1) is 17.1. The number of aliphatic hydroxyl groups excluding tert-OH is 3. The van der Waals surface area contributed by atoms with Gasteiger partial charge < -0.3 is 20.6 Å². The zero-order valence-electron chi connectivity index (χ0n) is 22.7. The van der Waals surface area contributed by atoms with Gasteiger partial charge in [0.2, 0.25) is 5.91 Å². The maximum absolute atomic E-state index is 12.2. The molecule has 3 atom stereocenters. The zero-order chi connectivity index (χ0) is 26.0. The zero-order valence-corrected chi connectivity index (χ0v) is 22.7. The minimum atomic E-state index is -1.10.